The van der Waals surface area contributed by atoms with E-state index in [-0.39, 0.29) is 0 Å². The fourth-order valence-electron chi connectivity index (χ4n) is 2.23. The molecule has 0 amide bonds. The van der Waals surface area contributed by atoms with Crippen molar-refractivity contribution in [3.8, 4) is 0 Å². The number of rotatable bonds is 6. The molecule has 0 radical (unpaired) electrons. The molecular formula is C17H22ClNS. The van der Waals surface area contributed by atoms with Gasteiger partial charge >= 0.3 is 0 Å². The van der Waals surface area contributed by atoms with Crippen LogP contribution in [-0.4, -0.2) is 12.6 Å². The van der Waals surface area contributed by atoms with Gasteiger partial charge in [0, 0.05) is 23.4 Å². The molecule has 3 heteroatoms. The van der Waals surface area contributed by atoms with Crippen molar-refractivity contribution in [1.29, 1.82) is 0 Å². The molecule has 1 atom stereocenters. The molecule has 20 heavy (non-hydrogen) atoms. The number of thiophene rings is 1. The lowest BCUT2D eigenvalue weighted by Gasteiger charge is -2.19. The first kappa shape index (κ1) is 15.6. The van der Waals surface area contributed by atoms with E-state index in [1.54, 1.807) is 11.3 Å². The molecule has 2 rings (SSSR count). The van der Waals surface area contributed by atoms with Crippen LogP contribution in [0.1, 0.15) is 35.8 Å². The maximum atomic E-state index is 6.04. The van der Waals surface area contributed by atoms with Crippen LogP contribution in [0.5, 0.6) is 0 Å². The second-order valence-electron chi connectivity index (χ2n) is 5.58. The van der Waals surface area contributed by atoms with Crippen molar-refractivity contribution in [1.82, 2.24) is 5.32 Å². The van der Waals surface area contributed by atoms with E-state index in [0.29, 0.717) is 12.0 Å². The van der Waals surface area contributed by atoms with Gasteiger partial charge in [0.25, 0.3) is 0 Å². The predicted octanol–water partition coefficient (Wildman–Crippen LogP) is 5.03. The summed E-state index contributed by atoms with van der Waals surface area (Å²) in [6, 6.07) is 13.5. The number of benzene rings is 1. The molecule has 0 saturated heterocycles. The van der Waals surface area contributed by atoms with Crippen molar-refractivity contribution in [2.45, 2.75) is 39.2 Å². The normalized spacial score (nSPS) is 12.8. The van der Waals surface area contributed by atoms with E-state index in [1.807, 2.05) is 6.07 Å². The van der Waals surface area contributed by atoms with Gasteiger partial charge in [0.15, 0.2) is 0 Å². The lowest BCUT2D eigenvalue weighted by atomic mass is 9.94. The quantitative estimate of drug-likeness (QED) is 0.789. The Labute approximate surface area is 131 Å². The summed E-state index contributed by atoms with van der Waals surface area (Å²) >= 11 is 7.73. The first-order chi connectivity index (χ1) is 9.54. The molecule has 0 spiro atoms. The monoisotopic (exact) mass is 307 g/mol. The van der Waals surface area contributed by atoms with Crippen LogP contribution in [0.15, 0.2) is 36.4 Å². The summed E-state index contributed by atoms with van der Waals surface area (Å²) in [6.07, 6.45) is 1.04. The SMILES string of the molecule is Cc1ccc(C(CNC(C)C)Cc2ccc(Cl)s2)cc1. The zero-order chi connectivity index (χ0) is 14.5. The first-order valence-electron chi connectivity index (χ1n) is 7.08. The summed E-state index contributed by atoms with van der Waals surface area (Å²) in [5, 5.41) is 3.56. The molecule has 0 aliphatic rings. The third-order valence-electron chi connectivity index (χ3n) is 3.40. The topological polar surface area (TPSA) is 12.0 Å². The summed E-state index contributed by atoms with van der Waals surface area (Å²) in [5.41, 5.74) is 2.71. The van der Waals surface area contributed by atoms with Crippen molar-refractivity contribution < 1.29 is 0 Å². The first-order valence-corrected chi connectivity index (χ1v) is 8.28. The van der Waals surface area contributed by atoms with E-state index in [9.17, 15) is 0 Å². The number of aryl methyl sites for hydroxylation is 1. The minimum absolute atomic E-state index is 0.493. The lowest BCUT2D eigenvalue weighted by Crippen LogP contribution is -2.28. The molecule has 0 saturated carbocycles. The average Bonchev–Trinajstić information content (AvgIpc) is 2.81. The van der Waals surface area contributed by atoms with Gasteiger partial charge in [-0.2, -0.15) is 0 Å². The second kappa shape index (κ2) is 7.26. The van der Waals surface area contributed by atoms with Gasteiger partial charge in [-0.1, -0.05) is 55.3 Å². The second-order valence-corrected chi connectivity index (χ2v) is 7.38. The summed E-state index contributed by atoms with van der Waals surface area (Å²) in [4.78, 5) is 1.35. The van der Waals surface area contributed by atoms with Crippen molar-refractivity contribution in [2.24, 2.45) is 0 Å². The van der Waals surface area contributed by atoms with Gasteiger partial charge in [0.1, 0.15) is 0 Å². The summed E-state index contributed by atoms with van der Waals surface area (Å²) in [7, 11) is 0. The smallest absolute Gasteiger partial charge is 0.0931 e. The Balaban J connectivity index is 2.13. The molecular weight excluding hydrogens is 286 g/mol. The third kappa shape index (κ3) is 4.62. The van der Waals surface area contributed by atoms with Crippen LogP contribution in [0, 0.1) is 6.92 Å². The fourth-order valence-corrected chi connectivity index (χ4v) is 3.40. The highest BCUT2D eigenvalue weighted by molar-refractivity contribution is 7.16. The van der Waals surface area contributed by atoms with E-state index >= 15 is 0 Å². The van der Waals surface area contributed by atoms with E-state index < -0.39 is 0 Å². The van der Waals surface area contributed by atoms with Gasteiger partial charge in [-0.05, 0) is 31.0 Å². The highest BCUT2D eigenvalue weighted by Crippen LogP contribution is 2.27. The molecule has 1 nitrogen and oxygen atoms in total. The van der Waals surface area contributed by atoms with Crippen LogP contribution in [0.3, 0.4) is 0 Å². The van der Waals surface area contributed by atoms with Crippen LogP contribution in [0.25, 0.3) is 0 Å². The van der Waals surface area contributed by atoms with Gasteiger partial charge < -0.3 is 5.32 Å². The summed E-state index contributed by atoms with van der Waals surface area (Å²) in [5.74, 6) is 0.493. The fraction of sp³-hybridized carbons (Fsp3) is 0.412. The number of hydrogen-bond acceptors (Lipinski definition) is 2. The third-order valence-corrected chi connectivity index (χ3v) is 4.65. The van der Waals surface area contributed by atoms with Gasteiger partial charge in [0.2, 0.25) is 0 Å². The minimum Gasteiger partial charge on any atom is -0.314 e. The lowest BCUT2D eigenvalue weighted by molar-refractivity contribution is 0.528. The molecule has 0 fully saturated rings. The Bertz CT molecular complexity index is 530. The highest BCUT2D eigenvalue weighted by atomic mass is 35.5. The molecule has 0 aliphatic heterocycles. The Morgan fingerprint density at radius 1 is 1.10 bits per heavy atom. The molecule has 0 bridgehead atoms. The Hall–Kier alpha value is -0.830. The molecule has 0 aliphatic carbocycles. The van der Waals surface area contributed by atoms with Gasteiger partial charge in [-0.25, -0.2) is 0 Å². The number of halogens is 1. The average molecular weight is 308 g/mol. The maximum absolute atomic E-state index is 6.04. The van der Waals surface area contributed by atoms with Crippen LogP contribution < -0.4 is 5.32 Å². The Kier molecular flexibility index (Phi) is 5.64. The number of nitrogens with one attached hydrogen (secondary N) is 1. The maximum Gasteiger partial charge on any atom is 0.0931 e. The van der Waals surface area contributed by atoms with Crippen LogP contribution in [0.2, 0.25) is 4.34 Å². The van der Waals surface area contributed by atoms with E-state index in [0.717, 1.165) is 17.3 Å². The summed E-state index contributed by atoms with van der Waals surface area (Å²) in [6.45, 7) is 7.50. The zero-order valence-electron chi connectivity index (χ0n) is 12.3. The molecule has 2 aromatic rings. The van der Waals surface area contributed by atoms with E-state index in [1.165, 1.54) is 16.0 Å². The van der Waals surface area contributed by atoms with Crippen LogP contribution >= 0.6 is 22.9 Å². The van der Waals surface area contributed by atoms with Gasteiger partial charge in [-0.15, -0.1) is 11.3 Å². The predicted molar refractivity (Wildman–Crippen MR) is 90.1 cm³/mol. The van der Waals surface area contributed by atoms with Crippen molar-refractivity contribution in [3.05, 3.63) is 56.7 Å². The van der Waals surface area contributed by atoms with Crippen LogP contribution in [0.4, 0.5) is 0 Å². The van der Waals surface area contributed by atoms with Crippen molar-refractivity contribution in [2.75, 3.05) is 6.54 Å². The van der Waals surface area contributed by atoms with Gasteiger partial charge in [0.05, 0.1) is 4.34 Å². The molecule has 1 aromatic carbocycles. The van der Waals surface area contributed by atoms with Crippen molar-refractivity contribution >= 4 is 22.9 Å². The largest absolute Gasteiger partial charge is 0.314 e. The minimum atomic E-state index is 0.493. The van der Waals surface area contributed by atoms with E-state index in [4.69, 9.17) is 11.6 Å². The van der Waals surface area contributed by atoms with E-state index in [2.05, 4.69) is 56.4 Å². The number of hydrogen-bond donors (Lipinski definition) is 1. The summed E-state index contributed by atoms with van der Waals surface area (Å²) < 4.78 is 0.875. The molecule has 1 heterocycles. The molecule has 1 N–H and O–H groups in total. The Morgan fingerprint density at radius 3 is 2.35 bits per heavy atom. The van der Waals surface area contributed by atoms with Gasteiger partial charge in [-0.3, -0.25) is 0 Å². The molecule has 1 unspecified atom stereocenters. The highest BCUT2D eigenvalue weighted by Gasteiger charge is 2.14. The standard InChI is InChI=1S/C17H22ClNS/c1-12(2)19-11-15(10-16-8-9-17(18)20-16)14-6-4-13(3)5-7-14/h4-9,12,15,19H,10-11H2,1-3H3. The molecule has 108 valence electrons. The van der Waals surface area contributed by atoms with Crippen LogP contribution in [-0.2, 0) is 6.42 Å². The zero-order valence-corrected chi connectivity index (χ0v) is 13.9. The molecule has 1 aromatic heterocycles. The Morgan fingerprint density at radius 2 is 1.80 bits per heavy atom. The van der Waals surface area contributed by atoms with Crippen molar-refractivity contribution in [3.63, 3.8) is 0 Å².